The van der Waals surface area contributed by atoms with Crippen molar-refractivity contribution in [2.45, 2.75) is 37.5 Å². The molecule has 0 heterocycles. The number of rotatable bonds is 0. The van der Waals surface area contributed by atoms with Crippen LogP contribution in [-0.2, 0) is 5.41 Å². The molecule has 2 nitrogen and oxygen atoms in total. The third kappa shape index (κ3) is 1.20. The van der Waals surface area contributed by atoms with Crippen LogP contribution in [0.1, 0.15) is 43.2 Å². The van der Waals surface area contributed by atoms with E-state index in [-0.39, 0.29) is 11.2 Å². The molecule has 0 aromatic heterocycles. The lowest BCUT2D eigenvalue weighted by atomic mass is 9.80. The summed E-state index contributed by atoms with van der Waals surface area (Å²) in [5, 5.41) is 12.4. The summed E-state index contributed by atoms with van der Waals surface area (Å²) in [6.45, 7) is 0. The molecule has 1 saturated carbocycles. The van der Waals surface area contributed by atoms with Gasteiger partial charge in [-0.2, -0.15) is 0 Å². The van der Waals surface area contributed by atoms with Gasteiger partial charge in [-0.05, 0) is 30.5 Å². The molecule has 16 heavy (non-hydrogen) atoms. The predicted molar refractivity (Wildman–Crippen MR) is 59.5 cm³/mol. The average Bonchev–Trinajstić information content (AvgIpc) is 2.86. The molecule has 0 atom stereocenters. The Morgan fingerprint density at radius 2 is 2.00 bits per heavy atom. The Hall–Kier alpha value is -1.38. The monoisotopic (exact) mass is 219 g/mol. The highest BCUT2D eigenvalue weighted by Gasteiger charge is 2.44. The van der Waals surface area contributed by atoms with Crippen LogP contribution in [0.5, 0.6) is 0 Å². The summed E-state index contributed by atoms with van der Waals surface area (Å²) in [4.78, 5) is 0. The standard InChI is InChI=1S/C13H14FNO/c14-9-3-4-11-10(7-9)12(15-16)8-13(11)5-1-2-6-13/h3-4,7,16H,1-2,5-6,8H2. The first-order valence-electron chi connectivity index (χ1n) is 5.76. The van der Waals surface area contributed by atoms with E-state index < -0.39 is 0 Å². The second-order valence-corrected chi connectivity index (χ2v) is 4.90. The van der Waals surface area contributed by atoms with E-state index in [1.807, 2.05) is 6.07 Å². The first-order chi connectivity index (χ1) is 7.75. The molecule has 0 radical (unpaired) electrons. The van der Waals surface area contributed by atoms with E-state index in [0.717, 1.165) is 24.8 Å². The molecule has 0 amide bonds. The van der Waals surface area contributed by atoms with E-state index >= 15 is 0 Å². The normalized spacial score (nSPS) is 24.2. The molecule has 0 aliphatic heterocycles. The summed E-state index contributed by atoms with van der Waals surface area (Å²) in [5.41, 5.74) is 2.77. The zero-order chi connectivity index (χ0) is 11.2. The van der Waals surface area contributed by atoms with Gasteiger partial charge in [0, 0.05) is 17.4 Å². The van der Waals surface area contributed by atoms with Crippen molar-refractivity contribution in [1.82, 2.24) is 0 Å². The van der Waals surface area contributed by atoms with Crippen LogP contribution >= 0.6 is 0 Å². The molecule has 0 bridgehead atoms. The number of halogens is 1. The first-order valence-corrected chi connectivity index (χ1v) is 5.76. The Labute approximate surface area is 93.8 Å². The van der Waals surface area contributed by atoms with Gasteiger partial charge in [0.05, 0.1) is 5.71 Å². The van der Waals surface area contributed by atoms with Crippen LogP contribution in [0.15, 0.2) is 23.4 Å². The van der Waals surface area contributed by atoms with Crippen LogP contribution in [0.3, 0.4) is 0 Å². The topological polar surface area (TPSA) is 32.6 Å². The van der Waals surface area contributed by atoms with Gasteiger partial charge in [-0.15, -0.1) is 0 Å². The fourth-order valence-electron chi connectivity index (χ4n) is 3.32. The minimum absolute atomic E-state index is 0.130. The predicted octanol–water partition coefficient (Wildman–Crippen LogP) is 3.22. The summed E-state index contributed by atoms with van der Waals surface area (Å²) in [7, 11) is 0. The molecule has 1 spiro atoms. The highest BCUT2D eigenvalue weighted by atomic mass is 19.1. The van der Waals surface area contributed by atoms with Crippen molar-refractivity contribution in [2.75, 3.05) is 0 Å². The Morgan fingerprint density at radius 3 is 2.69 bits per heavy atom. The molecule has 0 saturated heterocycles. The lowest BCUT2D eigenvalue weighted by molar-refractivity contribution is 0.316. The molecule has 1 aromatic rings. The summed E-state index contributed by atoms with van der Waals surface area (Å²) in [6.07, 6.45) is 5.46. The minimum atomic E-state index is -0.255. The molecule has 0 unspecified atom stereocenters. The first kappa shape index (κ1) is 9.82. The van der Waals surface area contributed by atoms with E-state index in [9.17, 15) is 4.39 Å². The van der Waals surface area contributed by atoms with Gasteiger partial charge in [0.2, 0.25) is 0 Å². The van der Waals surface area contributed by atoms with Gasteiger partial charge in [-0.1, -0.05) is 24.1 Å². The van der Waals surface area contributed by atoms with Gasteiger partial charge in [0.25, 0.3) is 0 Å². The average molecular weight is 219 g/mol. The quantitative estimate of drug-likeness (QED) is 0.527. The minimum Gasteiger partial charge on any atom is -0.411 e. The number of hydrogen-bond donors (Lipinski definition) is 1. The van der Waals surface area contributed by atoms with Crippen molar-refractivity contribution >= 4 is 5.71 Å². The van der Waals surface area contributed by atoms with Crippen molar-refractivity contribution in [2.24, 2.45) is 5.16 Å². The number of nitrogens with zero attached hydrogens (tertiary/aromatic N) is 1. The Morgan fingerprint density at radius 1 is 1.25 bits per heavy atom. The van der Waals surface area contributed by atoms with Crippen LogP contribution in [0.25, 0.3) is 0 Å². The summed E-state index contributed by atoms with van der Waals surface area (Å²) in [6, 6.07) is 4.88. The second kappa shape index (κ2) is 3.30. The maximum atomic E-state index is 13.2. The van der Waals surface area contributed by atoms with Gasteiger partial charge in [0.1, 0.15) is 5.82 Å². The largest absolute Gasteiger partial charge is 0.411 e. The maximum Gasteiger partial charge on any atom is 0.123 e. The Kier molecular flexibility index (Phi) is 2.03. The summed E-state index contributed by atoms with van der Waals surface area (Å²) < 4.78 is 13.2. The van der Waals surface area contributed by atoms with E-state index in [0.29, 0.717) is 5.71 Å². The van der Waals surface area contributed by atoms with Crippen molar-refractivity contribution in [3.05, 3.63) is 35.1 Å². The van der Waals surface area contributed by atoms with Gasteiger partial charge in [-0.3, -0.25) is 0 Å². The number of oxime groups is 1. The van der Waals surface area contributed by atoms with Crippen LogP contribution in [0, 0.1) is 5.82 Å². The third-order valence-corrected chi connectivity index (χ3v) is 4.05. The number of fused-ring (bicyclic) bond motifs is 2. The van der Waals surface area contributed by atoms with Gasteiger partial charge < -0.3 is 5.21 Å². The number of hydrogen-bond acceptors (Lipinski definition) is 2. The van der Waals surface area contributed by atoms with Gasteiger partial charge in [0.15, 0.2) is 0 Å². The van der Waals surface area contributed by atoms with Crippen LogP contribution in [0.4, 0.5) is 4.39 Å². The van der Waals surface area contributed by atoms with Crippen molar-refractivity contribution in [3.63, 3.8) is 0 Å². The Balaban J connectivity index is 2.18. The molecule has 1 fully saturated rings. The molecular weight excluding hydrogens is 205 g/mol. The lowest BCUT2D eigenvalue weighted by Crippen LogP contribution is -2.18. The highest BCUT2D eigenvalue weighted by Crippen LogP contribution is 2.50. The Bertz CT molecular complexity index is 461. The van der Waals surface area contributed by atoms with Crippen molar-refractivity contribution in [3.8, 4) is 0 Å². The smallest absolute Gasteiger partial charge is 0.123 e. The summed E-state index contributed by atoms with van der Waals surface area (Å²) >= 11 is 0. The molecule has 1 aromatic carbocycles. The molecule has 3 rings (SSSR count). The van der Waals surface area contributed by atoms with Gasteiger partial charge in [-0.25, -0.2) is 4.39 Å². The maximum absolute atomic E-state index is 13.2. The van der Waals surface area contributed by atoms with E-state index in [1.165, 1.54) is 30.5 Å². The summed E-state index contributed by atoms with van der Waals surface area (Å²) in [5.74, 6) is -0.255. The zero-order valence-corrected chi connectivity index (χ0v) is 9.04. The fourth-order valence-corrected chi connectivity index (χ4v) is 3.32. The highest BCUT2D eigenvalue weighted by molar-refractivity contribution is 6.05. The molecule has 1 N–H and O–H groups in total. The molecular formula is C13H14FNO. The van der Waals surface area contributed by atoms with Crippen LogP contribution in [0.2, 0.25) is 0 Å². The molecule has 2 aliphatic rings. The third-order valence-electron chi connectivity index (χ3n) is 4.05. The SMILES string of the molecule is ON=C1CC2(CCCC2)c2ccc(F)cc21. The van der Waals surface area contributed by atoms with E-state index in [2.05, 4.69) is 5.16 Å². The van der Waals surface area contributed by atoms with Crippen LogP contribution in [-0.4, -0.2) is 10.9 Å². The van der Waals surface area contributed by atoms with Crippen LogP contribution < -0.4 is 0 Å². The fraction of sp³-hybridized carbons (Fsp3) is 0.462. The van der Waals surface area contributed by atoms with E-state index in [4.69, 9.17) is 5.21 Å². The van der Waals surface area contributed by atoms with Crippen molar-refractivity contribution < 1.29 is 9.60 Å². The lowest BCUT2D eigenvalue weighted by Gasteiger charge is -2.23. The molecule has 84 valence electrons. The molecule has 3 heteroatoms. The second-order valence-electron chi connectivity index (χ2n) is 4.90. The molecule has 2 aliphatic carbocycles. The zero-order valence-electron chi connectivity index (χ0n) is 9.04. The number of benzene rings is 1. The van der Waals surface area contributed by atoms with E-state index in [1.54, 1.807) is 0 Å². The van der Waals surface area contributed by atoms with Gasteiger partial charge >= 0.3 is 0 Å². The van der Waals surface area contributed by atoms with Crippen molar-refractivity contribution in [1.29, 1.82) is 0 Å².